The second-order valence-corrected chi connectivity index (χ2v) is 35.8. The van der Waals surface area contributed by atoms with Gasteiger partial charge in [0, 0.05) is 101 Å². The highest BCUT2D eigenvalue weighted by atomic mass is 35.5. The first-order valence-corrected chi connectivity index (χ1v) is 44.8. The highest BCUT2D eigenvalue weighted by Crippen LogP contribution is 2.41. The molecule has 0 radical (unpaired) electrons. The van der Waals surface area contributed by atoms with E-state index in [9.17, 15) is 0 Å². The predicted molar refractivity (Wildman–Crippen MR) is 496 cm³/mol. The van der Waals surface area contributed by atoms with Gasteiger partial charge in [-0.25, -0.2) is 59.8 Å². The maximum Gasteiger partial charge on any atom is 0.175 e. The van der Waals surface area contributed by atoms with Crippen LogP contribution in [0.2, 0.25) is 20.1 Å². The normalized spacial score (nSPS) is 12.6. The molecular weight excluding hydrogens is 1680 g/mol. The molecule has 0 unspecified atom stereocenters. The summed E-state index contributed by atoms with van der Waals surface area (Å²) in [6, 6.07) is 33.4. The Labute approximate surface area is 740 Å². The molecule has 2 aliphatic rings. The molecular formula is C87H98Cl4N24O2S4. The van der Waals surface area contributed by atoms with Crippen molar-refractivity contribution in [2.75, 3.05) is 49.1 Å². The van der Waals surface area contributed by atoms with E-state index in [4.69, 9.17) is 98.1 Å². The first-order chi connectivity index (χ1) is 58.4. The van der Waals surface area contributed by atoms with E-state index in [1.807, 2.05) is 91.9 Å². The Kier molecular flexibility index (Phi) is 31.1. The summed E-state index contributed by atoms with van der Waals surface area (Å²) in [5.74, 6) is 3.96. The molecule has 0 aliphatic heterocycles. The molecule has 121 heavy (non-hydrogen) atoms. The van der Waals surface area contributed by atoms with Crippen molar-refractivity contribution in [1.82, 2.24) is 99.3 Å². The lowest BCUT2D eigenvalue weighted by atomic mass is 10.1. The number of nitrogens with zero attached hydrogens (tertiary/aromatic N) is 16. The van der Waals surface area contributed by atoms with E-state index in [-0.39, 0.29) is 0 Å². The number of imidazole rings is 4. The van der Waals surface area contributed by atoms with Crippen LogP contribution in [0.4, 0.5) is 23.3 Å². The van der Waals surface area contributed by atoms with Gasteiger partial charge in [-0.3, -0.25) is 0 Å². The molecule has 10 heterocycles. The van der Waals surface area contributed by atoms with E-state index < -0.39 is 0 Å². The zero-order valence-electron chi connectivity index (χ0n) is 68.7. The maximum atomic E-state index is 6.43. The van der Waals surface area contributed by atoms with E-state index in [1.165, 1.54) is 60.0 Å². The van der Waals surface area contributed by atoms with E-state index in [2.05, 4.69) is 183 Å². The Morgan fingerprint density at radius 1 is 0.421 bits per heavy atom. The van der Waals surface area contributed by atoms with Crippen molar-refractivity contribution in [3.05, 3.63) is 202 Å². The highest BCUT2D eigenvalue weighted by Gasteiger charge is 2.23. The van der Waals surface area contributed by atoms with Crippen molar-refractivity contribution in [2.45, 2.75) is 191 Å². The van der Waals surface area contributed by atoms with Crippen LogP contribution in [0.25, 0.3) is 78.4 Å². The van der Waals surface area contributed by atoms with Crippen molar-refractivity contribution in [1.29, 1.82) is 0 Å². The summed E-state index contributed by atoms with van der Waals surface area (Å²) in [6.45, 7) is 25.8. The molecule has 0 fully saturated rings. The van der Waals surface area contributed by atoms with Crippen LogP contribution in [0.1, 0.15) is 111 Å². The molecule has 14 aromatic rings. The fourth-order valence-electron chi connectivity index (χ4n) is 13.3. The zero-order chi connectivity index (χ0) is 85.2. The Bertz CT molecular complexity index is 6030. The standard InChI is InChI=1S/C22H25ClN6OS.2C22H25ClN6S.C21H23ClN6OS/c1-13(2)25-7-4-8-29-21-19(20(24)26-12-27-21)28-22(29)31-17-10-15(9-16(23)11-17)18-6-5-14(3)30-18;2*1-14(2)25-8-5-9-29-21-19(20(24)26-13-27-21)28-22(29)30-18-11-16(10-17(23)12-18)15-6-3-4-7-15;1-13(2)24-6-4-7-28-20-18(19(23)25-12-26-20)27-21(28)30-16-10-14(9-15(22)11-16)17-5-3-8-29-17/h5-6,9-13,25H,4,7-8H2,1-3H3,(H2,24,26,27);3,6-7,10-14,25H,4-5,8-9H2,1-2H3,(H2,24,26,27);3-4,6,10-14,25H,5,7-9H2,1-2H3,(H2,24,26,27);3,5,8-13,24H,4,6-7H2,1-2H3,(H2,23,25,26). The number of rotatable bonds is 32. The number of hydrogen-bond acceptors (Lipinski definition) is 26. The van der Waals surface area contributed by atoms with Crippen molar-refractivity contribution < 1.29 is 8.83 Å². The smallest absolute Gasteiger partial charge is 0.175 e. The first kappa shape index (κ1) is 89.0. The van der Waals surface area contributed by atoms with Gasteiger partial charge in [-0.1, -0.05) is 185 Å². The van der Waals surface area contributed by atoms with Crippen molar-refractivity contribution in [3.63, 3.8) is 0 Å². The molecule has 34 heteroatoms. The molecule has 16 rings (SSSR count). The first-order valence-electron chi connectivity index (χ1n) is 40.0. The summed E-state index contributed by atoms with van der Waals surface area (Å²) in [6.07, 6.45) is 26.1. The predicted octanol–water partition coefficient (Wildman–Crippen LogP) is 19.9. The Morgan fingerprint density at radius 3 is 1.10 bits per heavy atom. The number of fused-ring (bicyclic) bond motifs is 4. The monoisotopic (exact) mass is 1780 g/mol. The van der Waals surface area contributed by atoms with Gasteiger partial charge in [0.15, 0.2) is 88.6 Å². The van der Waals surface area contributed by atoms with Gasteiger partial charge >= 0.3 is 0 Å². The number of benzene rings is 4. The molecule has 0 atom stereocenters. The number of halogens is 4. The second kappa shape index (κ2) is 42.3. The SMILES string of the molecule is CC(C)NCCCn1c(Sc2cc(Cl)cc(-c3ccco3)c2)nc2c(N)ncnc21.CC(C)NCCCn1c(Sc2cc(Cl)cc(C3=CC=CC3)c2)nc2c(N)ncnc21.CC(C)NCCCn1c(Sc2cc(Cl)cc(C3=CCC=C3)c2)nc2c(N)ncnc21.Cc1ccc(-c2cc(Cl)cc(Sc3nc4c(N)ncnc4n3CCCNC(C)C)c2)o1. The average molecular weight is 1780 g/mol. The minimum absolute atomic E-state index is 0.378. The molecule has 26 nitrogen and oxygen atoms in total. The number of nitrogens with two attached hydrogens (primary N) is 4. The Morgan fingerprint density at radius 2 is 0.777 bits per heavy atom. The molecule has 4 aromatic carbocycles. The molecule has 0 saturated heterocycles. The Hall–Kier alpha value is -9.80. The minimum Gasteiger partial charge on any atom is -0.464 e. The van der Waals surface area contributed by atoms with Crippen LogP contribution < -0.4 is 44.2 Å². The van der Waals surface area contributed by atoms with E-state index in [1.54, 1.807) is 29.8 Å². The van der Waals surface area contributed by atoms with E-state index in [0.717, 1.165) is 193 Å². The van der Waals surface area contributed by atoms with Gasteiger partial charge in [0.1, 0.15) is 42.6 Å². The van der Waals surface area contributed by atoms with Crippen molar-refractivity contribution in [3.8, 4) is 22.6 Å². The largest absolute Gasteiger partial charge is 0.464 e. The quantitative estimate of drug-likeness (QED) is 0.0182. The lowest BCUT2D eigenvalue weighted by Gasteiger charge is -2.11. The molecule has 0 saturated carbocycles. The summed E-state index contributed by atoms with van der Waals surface area (Å²) in [7, 11) is 0. The van der Waals surface area contributed by atoms with Crippen molar-refractivity contribution in [2.24, 2.45) is 0 Å². The van der Waals surface area contributed by atoms with E-state index in [0.29, 0.717) is 89.6 Å². The van der Waals surface area contributed by atoms with Crippen LogP contribution in [0, 0.1) is 6.92 Å². The lowest BCUT2D eigenvalue weighted by Crippen LogP contribution is -2.24. The van der Waals surface area contributed by atoms with Crippen LogP contribution in [0.3, 0.4) is 0 Å². The van der Waals surface area contributed by atoms with Gasteiger partial charge < -0.3 is 71.3 Å². The average Bonchev–Trinajstić information content (AvgIpc) is 1.65. The summed E-state index contributed by atoms with van der Waals surface area (Å²) < 4.78 is 19.7. The number of hydrogen-bond donors (Lipinski definition) is 8. The fraction of sp³-hybridized carbons (Fsp3) is 0.310. The van der Waals surface area contributed by atoms with Crippen LogP contribution in [-0.2, 0) is 26.2 Å². The van der Waals surface area contributed by atoms with Gasteiger partial charge in [-0.05, 0) is 191 Å². The molecule has 630 valence electrons. The van der Waals surface area contributed by atoms with Crippen molar-refractivity contribution >= 4 is 173 Å². The summed E-state index contributed by atoms with van der Waals surface area (Å²) in [5.41, 5.74) is 36.3. The third-order valence-corrected chi connectivity index (χ3v) is 23.7. The van der Waals surface area contributed by atoms with Crippen LogP contribution >= 0.6 is 93.5 Å². The topological polar surface area (TPSA) is 353 Å². The zero-order valence-corrected chi connectivity index (χ0v) is 75.0. The number of nitrogen functional groups attached to an aromatic ring is 4. The maximum absolute atomic E-state index is 6.43. The molecule has 0 spiro atoms. The number of furan rings is 2. The third-order valence-electron chi connectivity index (χ3n) is 18.9. The summed E-state index contributed by atoms with van der Waals surface area (Å²) in [5, 5.41) is 19.8. The number of aryl methyl sites for hydroxylation is 5. The fourth-order valence-corrected chi connectivity index (χ4v) is 18.5. The van der Waals surface area contributed by atoms with Gasteiger partial charge in [0.25, 0.3) is 0 Å². The minimum atomic E-state index is 0.378. The Balaban J connectivity index is 0.000000139. The van der Waals surface area contributed by atoms with Gasteiger partial charge in [0.2, 0.25) is 0 Å². The molecule has 0 bridgehead atoms. The van der Waals surface area contributed by atoms with Crippen LogP contribution in [-0.4, -0.2) is 128 Å². The molecule has 12 N–H and O–H groups in total. The number of aromatic nitrogens is 16. The summed E-state index contributed by atoms with van der Waals surface area (Å²) in [4.78, 5) is 57.1. The summed E-state index contributed by atoms with van der Waals surface area (Å²) >= 11 is 31.8. The number of allylic oxidation sites excluding steroid dienone is 8. The molecule has 0 amide bonds. The molecule has 10 aromatic heterocycles. The highest BCUT2D eigenvalue weighted by molar-refractivity contribution is 8.00. The number of nitrogens with one attached hydrogen (secondary N) is 4. The van der Waals surface area contributed by atoms with Gasteiger partial charge in [0.05, 0.1) is 6.26 Å². The lowest BCUT2D eigenvalue weighted by molar-refractivity contribution is 0.525. The molecule has 2 aliphatic carbocycles. The van der Waals surface area contributed by atoms with Crippen LogP contribution in [0.5, 0.6) is 0 Å². The van der Waals surface area contributed by atoms with E-state index >= 15 is 0 Å². The van der Waals surface area contributed by atoms with Gasteiger partial charge in [-0.2, -0.15) is 0 Å². The van der Waals surface area contributed by atoms with Crippen LogP contribution in [0.15, 0.2) is 214 Å². The third kappa shape index (κ3) is 23.9. The number of anilines is 4. The van der Waals surface area contributed by atoms with Gasteiger partial charge in [-0.15, -0.1) is 0 Å². The second-order valence-electron chi connectivity index (χ2n) is 29.9.